The van der Waals surface area contributed by atoms with Crippen LogP contribution in [0.5, 0.6) is 0 Å². The first kappa shape index (κ1) is 20.7. The monoisotopic (exact) mass is 377 g/mol. The molecule has 8 heteroatoms. The number of benzene rings is 1. The van der Waals surface area contributed by atoms with Crippen molar-refractivity contribution >= 4 is 17.9 Å². The molecule has 1 aromatic rings. The summed E-state index contributed by atoms with van der Waals surface area (Å²) in [5, 5.41) is 11.4. The molecule has 1 fully saturated rings. The number of aliphatic carboxylic acids is 1. The molecule has 2 unspecified atom stereocenters. The molecule has 2 N–H and O–H groups in total. The van der Waals surface area contributed by atoms with Crippen molar-refractivity contribution < 1.29 is 24.2 Å². The van der Waals surface area contributed by atoms with Gasteiger partial charge in [-0.1, -0.05) is 12.1 Å². The average Bonchev–Trinajstić information content (AvgIpc) is 2.63. The number of morpholine rings is 1. The van der Waals surface area contributed by atoms with E-state index in [2.05, 4.69) is 5.32 Å². The Morgan fingerprint density at radius 1 is 1.19 bits per heavy atom. The largest absolute Gasteiger partial charge is 0.481 e. The fraction of sp³-hybridized carbons (Fsp3) is 0.526. The first-order valence-corrected chi connectivity index (χ1v) is 9.00. The van der Waals surface area contributed by atoms with Gasteiger partial charge in [-0.05, 0) is 31.5 Å². The lowest BCUT2D eigenvalue weighted by molar-refractivity contribution is -0.137. The molecule has 2 rings (SSSR count). The van der Waals surface area contributed by atoms with Crippen LogP contribution in [-0.2, 0) is 16.1 Å². The minimum Gasteiger partial charge on any atom is -0.481 e. The van der Waals surface area contributed by atoms with Crippen molar-refractivity contribution in [1.29, 1.82) is 0 Å². The van der Waals surface area contributed by atoms with Crippen LogP contribution in [0.3, 0.4) is 0 Å². The number of carbonyl (C=O) groups excluding carboxylic acids is 2. The number of hydrogen-bond donors (Lipinski definition) is 2. The summed E-state index contributed by atoms with van der Waals surface area (Å²) in [7, 11) is 1.55. The number of carboxylic acids is 1. The topological polar surface area (TPSA) is 99.2 Å². The fourth-order valence-corrected chi connectivity index (χ4v) is 2.97. The number of hydrogen-bond acceptors (Lipinski definition) is 4. The molecule has 8 nitrogen and oxygen atoms in total. The van der Waals surface area contributed by atoms with Gasteiger partial charge in [0.2, 0.25) is 0 Å². The quantitative estimate of drug-likeness (QED) is 0.784. The highest BCUT2D eigenvalue weighted by Gasteiger charge is 2.26. The van der Waals surface area contributed by atoms with Gasteiger partial charge in [-0.15, -0.1) is 0 Å². The van der Waals surface area contributed by atoms with Crippen molar-refractivity contribution in [2.75, 3.05) is 26.7 Å². The minimum absolute atomic E-state index is 0.0188. The van der Waals surface area contributed by atoms with Crippen LogP contribution in [0.15, 0.2) is 24.3 Å². The lowest BCUT2D eigenvalue weighted by Crippen LogP contribution is -2.48. The van der Waals surface area contributed by atoms with E-state index in [9.17, 15) is 14.4 Å². The Kier molecular flexibility index (Phi) is 7.18. The Morgan fingerprint density at radius 2 is 1.78 bits per heavy atom. The van der Waals surface area contributed by atoms with Crippen molar-refractivity contribution in [2.45, 2.75) is 39.0 Å². The van der Waals surface area contributed by atoms with Crippen LogP contribution in [-0.4, -0.2) is 71.7 Å². The first-order chi connectivity index (χ1) is 12.8. The molecule has 0 radical (unpaired) electrons. The molecule has 0 aliphatic carbocycles. The summed E-state index contributed by atoms with van der Waals surface area (Å²) in [4.78, 5) is 38.2. The summed E-state index contributed by atoms with van der Waals surface area (Å²) in [6.07, 6.45) is -0.0601. The predicted molar refractivity (Wildman–Crippen MR) is 99.5 cm³/mol. The van der Waals surface area contributed by atoms with Gasteiger partial charge in [0.15, 0.2) is 0 Å². The van der Waals surface area contributed by atoms with Crippen LogP contribution in [0.2, 0.25) is 0 Å². The highest BCUT2D eigenvalue weighted by atomic mass is 16.5. The van der Waals surface area contributed by atoms with Gasteiger partial charge in [-0.25, -0.2) is 4.79 Å². The maximum atomic E-state index is 12.6. The summed E-state index contributed by atoms with van der Waals surface area (Å²) in [6, 6.07) is 6.77. The van der Waals surface area contributed by atoms with E-state index in [1.165, 1.54) is 4.90 Å². The molecule has 1 aliphatic heterocycles. The van der Waals surface area contributed by atoms with Gasteiger partial charge in [-0.2, -0.15) is 0 Å². The van der Waals surface area contributed by atoms with Gasteiger partial charge < -0.3 is 25.0 Å². The smallest absolute Gasteiger partial charge is 0.317 e. The average molecular weight is 377 g/mol. The molecule has 0 aromatic heterocycles. The van der Waals surface area contributed by atoms with E-state index in [1.807, 2.05) is 13.8 Å². The van der Waals surface area contributed by atoms with E-state index < -0.39 is 5.97 Å². The second-order valence-electron chi connectivity index (χ2n) is 6.89. The highest BCUT2D eigenvalue weighted by molar-refractivity contribution is 5.94. The molecule has 1 heterocycles. The molecule has 1 saturated heterocycles. The molecular formula is C19H27N3O5. The van der Waals surface area contributed by atoms with Crippen molar-refractivity contribution in [3.63, 3.8) is 0 Å². The van der Waals surface area contributed by atoms with E-state index in [1.54, 1.807) is 36.2 Å². The summed E-state index contributed by atoms with van der Waals surface area (Å²) in [6.45, 7) is 5.50. The van der Waals surface area contributed by atoms with Crippen molar-refractivity contribution in [3.8, 4) is 0 Å². The number of carbonyl (C=O) groups is 3. The Balaban J connectivity index is 1.86. The summed E-state index contributed by atoms with van der Waals surface area (Å²) in [5.74, 6) is -0.972. The lowest BCUT2D eigenvalue weighted by Gasteiger charge is -2.35. The standard InChI is InChI=1S/C19H27N3O5/c1-13-11-22(12-14(2)27-13)18(25)16-6-4-15(5-7-16)10-20-19(26)21(3)9-8-17(23)24/h4-7,13-14H,8-12H2,1-3H3,(H,20,26)(H,23,24). The van der Waals surface area contributed by atoms with E-state index in [0.717, 1.165) is 5.56 Å². The second kappa shape index (κ2) is 9.36. The zero-order chi connectivity index (χ0) is 20.0. The van der Waals surface area contributed by atoms with E-state index in [0.29, 0.717) is 25.2 Å². The Bertz CT molecular complexity index is 666. The third-order valence-electron chi connectivity index (χ3n) is 4.36. The summed E-state index contributed by atoms with van der Waals surface area (Å²) in [5.41, 5.74) is 1.46. The van der Waals surface area contributed by atoms with E-state index in [-0.39, 0.29) is 37.1 Å². The number of amides is 3. The van der Waals surface area contributed by atoms with Crippen LogP contribution in [0.1, 0.15) is 36.2 Å². The number of rotatable bonds is 6. The van der Waals surface area contributed by atoms with Crippen LogP contribution >= 0.6 is 0 Å². The van der Waals surface area contributed by atoms with Crippen LogP contribution < -0.4 is 5.32 Å². The number of nitrogens with zero attached hydrogens (tertiary/aromatic N) is 2. The van der Waals surface area contributed by atoms with Gasteiger partial charge in [-0.3, -0.25) is 9.59 Å². The number of nitrogens with one attached hydrogen (secondary N) is 1. The third-order valence-corrected chi connectivity index (χ3v) is 4.36. The van der Waals surface area contributed by atoms with Gasteiger partial charge in [0.25, 0.3) is 5.91 Å². The summed E-state index contributed by atoms with van der Waals surface area (Å²) < 4.78 is 5.65. The lowest BCUT2D eigenvalue weighted by atomic mass is 10.1. The highest BCUT2D eigenvalue weighted by Crippen LogP contribution is 2.15. The van der Waals surface area contributed by atoms with Gasteiger partial charge in [0, 0.05) is 38.8 Å². The maximum absolute atomic E-state index is 12.6. The molecule has 1 aromatic carbocycles. The van der Waals surface area contributed by atoms with Crippen molar-refractivity contribution in [2.24, 2.45) is 0 Å². The molecular weight excluding hydrogens is 350 g/mol. The Labute approximate surface area is 159 Å². The number of ether oxygens (including phenoxy) is 1. The first-order valence-electron chi connectivity index (χ1n) is 9.00. The molecule has 27 heavy (non-hydrogen) atoms. The van der Waals surface area contributed by atoms with Gasteiger partial charge in [0.1, 0.15) is 0 Å². The van der Waals surface area contributed by atoms with Crippen LogP contribution in [0, 0.1) is 0 Å². The summed E-state index contributed by atoms with van der Waals surface area (Å²) >= 11 is 0. The van der Waals surface area contributed by atoms with Crippen molar-refractivity contribution in [1.82, 2.24) is 15.1 Å². The van der Waals surface area contributed by atoms with E-state index in [4.69, 9.17) is 9.84 Å². The molecule has 148 valence electrons. The SMILES string of the molecule is CC1CN(C(=O)c2ccc(CNC(=O)N(C)CCC(=O)O)cc2)CC(C)O1. The van der Waals surface area contributed by atoms with E-state index >= 15 is 0 Å². The predicted octanol–water partition coefficient (Wildman–Crippen LogP) is 1.55. The molecule has 0 bridgehead atoms. The minimum atomic E-state index is -0.945. The Hall–Kier alpha value is -2.61. The number of carboxylic acid groups (broad SMARTS) is 1. The van der Waals surface area contributed by atoms with Crippen LogP contribution in [0.4, 0.5) is 4.79 Å². The van der Waals surface area contributed by atoms with Gasteiger partial charge >= 0.3 is 12.0 Å². The normalized spacial score (nSPS) is 19.4. The molecule has 1 aliphatic rings. The molecule has 2 atom stereocenters. The van der Waals surface area contributed by atoms with Crippen LogP contribution in [0.25, 0.3) is 0 Å². The number of urea groups is 1. The van der Waals surface area contributed by atoms with Gasteiger partial charge in [0.05, 0.1) is 18.6 Å². The molecule has 3 amide bonds. The second-order valence-corrected chi connectivity index (χ2v) is 6.89. The molecule has 0 saturated carbocycles. The Morgan fingerprint density at radius 3 is 2.33 bits per heavy atom. The van der Waals surface area contributed by atoms with Crippen molar-refractivity contribution in [3.05, 3.63) is 35.4 Å². The maximum Gasteiger partial charge on any atom is 0.317 e. The molecule has 0 spiro atoms. The zero-order valence-electron chi connectivity index (χ0n) is 16.0. The third kappa shape index (κ3) is 6.25. The fourth-order valence-electron chi connectivity index (χ4n) is 2.97. The zero-order valence-corrected chi connectivity index (χ0v) is 16.0.